The Balaban J connectivity index is 1.40. The highest BCUT2D eigenvalue weighted by Gasteiger charge is 2.22. The maximum absolute atomic E-state index is 2.52. The minimum absolute atomic E-state index is 1.16. The van der Waals surface area contributed by atoms with Crippen molar-refractivity contribution < 1.29 is 0 Å². The van der Waals surface area contributed by atoms with Crippen LogP contribution in [0.4, 0.5) is 0 Å². The molecule has 2 aromatic heterocycles. The van der Waals surface area contributed by atoms with Gasteiger partial charge in [-0.25, -0.2) is 0 Å². The van der Waals surface area contributed by atoms with Crippen molar-refractivity contribution in [2.45, 2.75) is 0 Å². The Morgan fingerprint density at radius 2 is 0.783 bits per heavy atom. The molecule has 0 saturated carbocycles. The summed E-state index contributed by atoms with van der Waals surface area (Å²) in [5, 5.41) is 10.1. The first-order valence-electron chi connectivity index (χ1n) is 15.9. The van der Waals surface area contributed by atoms with Gasteiger partial charge in [-0.1, -0.05) is 140 Å². The SMILES string of the molecule is c1ccc(-n2c3ccccc3c3cccc(-c4cccc5c6ccccc6n(-c6cc7ccccc7c7ccccc67)c45)c32)cc1. The highest BCUT2D eigenvalue weighted by Crippen LogP contribution is 2.44. The van der Waals surface area contributed by atoms with Gasteiger partial charge >= 0.3 is 0 Å². The van der Waals surface area contributed by atoms with Crippen molar-refractivity contribution in [3.05, 3.63) is 170 Å². The number of rotatable bonds is 3. The van der Waals surface area contributed by atoms with Gasteiger partial charge in [0.15, 0.2) is 0 Å². The summed E-state index contributed by atoms with van der Waals surface area (Å²) in [5.74, 6) is 0. The topological polar surface area (TPSA) is 9.86 Å². The van der Waals surface area contributed by atoms with Crippen LogP contribution in [0.15, 0.2) is 170 Å². The molecule has 0 unspecified atom stereocenters. The molecule has 214 valence electrons. The first-order chi connectivity index (χ1) is 22.9. The minimum Gasteiger partial charge on any atom is -0.309 e. The molecule has 0 aliphatic heterocycles. The van der Waals surface area contributed by atoms with Crippen LogP contribution in [-0.4, -0.2) is 9.13 Å². The van der Waals surface area contributed by atoms with E-state index in [1.807, 2.05) is 0 Å². The lowest BCUT2D eigenvalue weighted by Crippen LogP contribution is -1.99. The van der Waals surface area contributed by atoms with Gasteiger partial charge in [0.2, 0.25) is 0 Å². The number of aromatic nitrogens is 2. The number of hydrogen-bond acceptors (Lipinski definition) is 0. The van der Waals surface area contributed by atoms with Crippen LogP contribution < -0.4 is 0 Å². The molecule has 0 fully saturated rings. The van der Waals surface area contributed by atoms with Crippen LogP contribution >= 0.6 is 0 Å². The Morgan fingerprint density at radius 1 is 0.304 bits per heavy atom. The van der Waals surface area contributed by atoms with Gasteiger partial charge in [-0.15, -0.1) is 0 Å². The van der Waals surface area contributed by atoms with Gasteiger partial charge in [0, 0.05) is 43.7 Å². The quantitative estimate of drug-likeness (QED) is 0.183. The van der Waals surface area contributed by atoms with Gasteiger partial charge < -0.3 is 9.13 Å². The van der Waals surface area contributed by atoms with Crippen LogP contribution in [0.3, 0.4) is 0 Å². The molecule has 2 heterocycles. The van der Waals surface area contributed by atoms with E-state index in [0.29, 0.717) is 0 Å². The smallest absolute Gasteiger partial charge is 0.0620 e. The van der Waals surface area contributed by atoms with Crippen LogP contribution in [0, 0.1) is 0 Å². The van der Waals surface area contributed by atoms with E-state index in [4.69, 9.17) is 0 Å². The molecule has 10 rings (SSSR count). The Labute approximate surface area is 266 Å². The molecule has 46 heavy (non-hydrogen) atoms. The number of para-hydroxylation sites is 5. The van der Waals surface area contributed by atoms with Crippen molar-refractivity contribution in [2.75, 3.05) is 0 Å². The summed E-state index contributed by atoms with van der Waals surface area (Å²) in [6.07, 6.45) is 0. The molecule has 0 bridgehead atoms. The predicted molar refractivity (Wildman–Crippen MR) is 196 cm³/mol. The Bertz CT molecular complexity index is 2800. The maximum atomic E-state index is 2.52. The van der Waals surface area contributed by atoms with Gasteiger partial charge in [0.05, 0.1) is 27.8 Å². The van der Waals surface area contributed by atoms with Crippen LogP contribution in [0.1, 0.15) is 0 Å². The van der Waals surface area contributed by atoms with Crippen molar-refractivity contribution in [3.63, 3.8) is 0 Å². The fraction of sp³-hybridized carbons (Fsp3) is 0. The van der Waals surface area contributed by atoms with E-state index in [0.717, 1.165) is 5.69 Å². The normalized spacial score (nSPS) is 11.9. The summed E-state index contributed by atoms with van der Waals surface area (Å²) in [4.78, 5) is 0. The molecule has 0 amide bonds. The first-order valence-corrected chi connectivity index (χ1v) is 15.9. The molecule has 0 N–H and O–H groups in total. The summed E-state index contributed by atoms with van der Waals surface area (Å²) in [7, 11) is 0. The lowest BCUT2D eigenvalue weighted by Gasteiger charge is -2.17. The molecule has 2 nitrogen and oxygen atoms in total. The zero-order chi connectivity index (χ0) is 30.2. The first kappa shape index (κ1) is 25.2. The second kappa shape index (κ2) is 9.69. The van der Waals surface area contributed by atoms with Crippen LogP contribution in [0.5, 0.6) is 0 Å². The van der Waals surface area contributed by atoms with Crippen LogP contribution in [0.25, 0.3) is 87.7 Å². The van der Waals surface area contributed by atoms with Gasteiger partial charge in [0.1, 0.15) is 0 Å². The molecule has 0 aliphatic rings. The summed E-state index contributed by atoms with van der Waals surface area (Å²) in [6.45, 7) is 0. The van der Waals surface area contributed by atoms with Crippen molar-refractivity contribution in [3.8, 4) is 22.5 Å². The molecule has 10 aromatic rings. The van der Waals surface area contributed by atoms with Gasteiger partial charge in [-0.2, -0.15) is 0 Å². The highest BCUT2D eigenvalue weighted by molar-refractivity contribution is 6.20. The second-order valence-electron chi connectivity index (χ2n) is 12.1. The molecular weight excluding hydrogens is 556 g/mol. The average molecular weight is 585 g/mol. The monoisotopic (exact) mass is 584 g/mol. The summed E-state index contributed by atoms with van der Waals surface area (Å²) in [6, 6.07) is 62.0. The summed E-state index contributed by atoms with van der Waals surface area (Å²) in [5.41, 5.74) is 9.67. The third-order valence-electron chi connectivity index (χ3n) is 9.68. The van der Waals surface area contributed by atoms with Gasteiger partial charge in [0.25, 0.3) is 0 Å². The van der Waals surface area contributed by atoms with E-state index >= 15 is 0 Å². The number of nitrogens with zero attached hydrogens (tertiary/aromatic N) is 2. The number of fused-ring (bicyclic) bond motifs is 9. The maximum Gasteiger partial charge on any atom is 0.0620 e. The Kier molecular flexibility index (Phi) is 5.31. The second-order valence-corrected chi connectivity index (χ2v) is 12.1. The lowest BCUT2D eigenvalue weighted by molar-refractivity contribution is 1.18. The average Bonchev–Trinajstić information content (AvgIpc) is 3.65. The van der Waals surface area contributed by atoms with E-state index in [9.17, 15) is 0 Å². The zero-order valence-corrected chi connectivity index (χ0v) is 25.1. The molecule has 0 atom stereocenters. The third-order valence-corrected chi connectivity index (χ3v) is 9.68. The zero-order valence-electron chi connectivity index (χ0n) is 25.1. The summed E-state index contributed by atoms with van der Waals surface area (Å²) >= 11 is 0. The molecule has 0 radical (unpaired) electrons. The predicted octanol–water partition coefficient (Wildman–Crippen LogP) is 11.9. The van der Waals surface area contributed by atoms with Crippen molar-refractivity contribution >= 4 is 65.2 Å². The molecule has 2 heteroatoms. The van der Waals surface area contributed by atoms with E-state index in [2.05, 4.69) is 179 Å². The summed E-state index contributed by atoms with van der Waals surface area (Å²) < 4.78 is 4.96. The van der Waals surface area contributed by atoms with Crippen LogP contribution in [0.2, 0.25) is 0 Å². The van der Waals surface area contributed by atoms with Crippen molar-refractivity contribution in [1.82, 2.24) is 9.13 Å². The fourth-order valence-electron chi connectivity index (χ4n) is 7.79. The van der Waals surface area contributed by atoms with E-state index in [-0.39, 0.29) is 0 Å². The van der Waals surface area contributed by atoms with Crippen LogP contribution in [-0.2, 0) is 0 Å². The van der Waals surface area contributed by atoms with E-state index < -0.39 is 0 Å². The largest absolute Gasteiger partial charge is 0.309 e. The molecule has 0 aliphatic carbocycles. The van der Waals surface area contributed by atoms with E-state index in [1.54, 1.807) is 0 Å². The molecule has 0 saturated heterocycles. The highest BCUT2D eigenvalue weighted by atomic mass is 15.0. The number of benzene rings is 8. The Hall–Kier alpha value is -6.12. The van der Waals surface area contributed by atoms with Gasteiger partial charge in [-0.3, -0.25) is 0 Å². The van der Waals surface area contributed by atoms with E-state index in [1.165, 1.54) is 82.0 Å². The molecule has 0 spiro atoms. The van der Waals surface area contributed by atoms with Crippen molar-refractivity contribution in [1.29, 1.82) is 0 Å². The standard InChI is InChI=1S/C44H28N2/c1-2-15-30(16-3-1)45-40-26-10-8-20-34(40)36-22-12-24-38(43(36)45)39-25-13-23-37-35-21-9-11-27-41(35)46(44(37)39)42-28-29-14-4-5-17-31(29)32-18-6-7-19-33(32)42/h1-28H. The van der Waals surface area contributed by atoms with Crippen molar-refractivity contribution in [2.24, 2.45) is 0 Å². The van der Waals surface area contributed by atoms with Gasteiger partial charge in [-0.05, 0) is 46.5 Å². The minimum atomic E-state index is 1.16. The number of hydrogen-bond donors (Lipinski definition) is 0. The fourth-order valence-corrected chi connectivity index (χ4v) is 7.79. The molecule has 8 aromatic carbocycles. The Morgan fingerprint density at radius 3 is 1.46 bits per heavy atom. The molecular formula is C44H28N2. The third kappa shape index (κ3) is 3.47. The lowest BCUT2D eigenvalue weighted by atomic mass is 9.98.